The lowest BCUT2D eigenvalue weighted by molar-refractivity contribution is -0.347. The lowest BCUT2D eigenvalue weighted by atomic mass is 9.82. The van der Waals surface area contributed by atoms with Gasteiger partial charge in [-0.15, -0.1) is 0 Å². The highest BCUT2D eigenvalue weighted by atomic mass is 17.1. The van der Waals surface area contributed by atoms with Crippen molar-refractivity contribution in [3.05, 3.63) is 24.2 Å². The average Bonchev–Trinajstić information content (AvgIpc) is 2.93. The van der Waals surface area contributed by atoms with Crippen LogP contribution in [-0.4, -0.2) is 5.26 Å². The number of fused-ring (bicyclic) bond motifs is 2. The van der Waals surface area contributed by atoms with Gasteiger partial charge in [-0.2, -0.15) is 0 Å². The Morgan fingerprint density at radius 3 is 2.93 bits per heavy atom. The van der Waals surface area contributed by atoms with Crippen molar-refractivity contribution in [2.24, 2.45) is 11.8 Å². The fourth-order valence-electron chi connectivity index (χ4n) is 3.26. The molecule has 2 aliphatic rings. The highest BCUT2D eigenvalue weighted by Gasteiger charge is 2.55. The Morgan fingerprint density at radius 2 is 2.43 bits per heavy atom. The molecule has 0 radical (unpaired) electrons. The van der Waals surface area contributed by atoms with E-state index in [9.17, 15) is 0 Å². The zero-order valence-electron chi connectivity index (χ0n) is 7.98. The second kappa shape index (κ2) is 2.84. The summed E-state index contributed by atoms with van der Waals surface area (Å²) in [6.07, 6.45) is 6.13. The predicted octanol–water partition coefficient (Wildman–Crippen LogP) is 2.78. The van der Waals surface area contributed by atoms with Crippen LogP contribution in [0.15, 0.2) is 22.8 Å². The van der Waals surface area contributed by atoms with Gasteiger partial charge in [0.05, 0.1) is 6.26 Å². The first kappa shape index (κ1) is 8.50. The lowest BCUT2D eigenvalue weighted by Gasteiger charge is -2.32. The maximum atomic E-state index is 9.15. The van der Waals surface area contributed by atoms with Gasteiger partial charge in [0.15, 0.2) is 5.60 Å². The van der Waals surface area contributed by atoms with E-state index in [1.165, 1.54) is 12.8 Å². The van der Waals surface area contributed by atoms with Crippen molar-refractivity contribution in [2.45, 2.75) is 31.3 Å². The van der Waals surface area contributed by atoms with Gasteiger partial charge in [-0.25, -0.2) is 4.89 Å². The Bertz CT molecular complexity index is 319. The zero-order chi connectivity index (χ0) is 9.60. The molecule has 2 fully saturated rings. The van der Waals surface area contributed by atoms with E-state index < -0.39 is 5.60 Å². The molecule has 3 rings (SSSR count). The first-order chi connectivity index (χ1) is 6.85. The van der Waals surface area contributed by atoms with Crippen LogP contribution >= 0.6 is 0 Å². The third kappa shape index (κ3) is 0.940. The van der Waals surface area contributed by atoms with E-state index in [1.54, 1.807) is 6.26 Å². The standard InChI is InChI=1S/C11H14O3/c12-14-11(10-2-1-5-13-10)7-8-3-4-9(11)6-8/h1-2,5,8-9,12H,3-4,6-7H2. The molecular formula is C11H14O3. The molecular weight excluding hydrogens is 180 g/mol. The minimum absolute atomic E-state index is 0.434. The van der Waals surface area contributed by atoms with Crippen molar-refractivity contribution < 1.29 is 14.6 Å². The van der Waals surface area contributed by atoms with Crippen LogP contribution in [-0.2, 0) is 10.5 Å². The quantitative estimate of drug-likeness (QED) is 0.581. The van der Waals surface area contributed by atoms with Crippen LogP contribution in [0.1, 0.15) is 31.4 Å². The second-order valence-electron chi connectivity index (χ2n) is 4.54. The summed E-state index contributed by atoms with van der Waals surface area (Å²) in [5, 5.41) is 9.15. The van der Waals surface area contributed by atoms with Crippen LogP contribution in [0.3, 0.4) is 0 Å². The van der Waals surface area contributed by atoms with Gasteiger partial charge in [0.2, 0.25) is 0 Å². The van der Waals surface area contributed by atoms with E-state index in [4.69, 9.17) is 14.6 Å². The molecule has 2 aliphatic carbocycles. The highest BCUT2D eigenvalue weighted by Crippen LogP contribution is 2.57. The Balaban J connectivity index is 2.00. The molecule has 0 saturated heterocycles. The van der Waals surface area contributed by atoms with Crippen molar-refractivity contribution in [3.63, 3.8) is 0 Å². The molecule has 1 heterocycles. The molecule has 2 bridgehead atoms. The van der Waals surface area contributed by atoms with Crippen LogP contribution in [0, 0.1) is 11.8 Å². The first-order valence-corrected chi connectivity index (χ1v) is 5.22. The molecule has 3 unspecified atom stereocenters. The van der Waals surface area contributed by atoms with Gasteiger partial charge >= 0.3 is 0 Å². The van der Waals surface area contributed by atoms with Gasteiger partial charge in [-0.3, -0.25) is 5.26 Å². The fourth-order valence-corrected chi connectivity index (χ4v) is 3.26. The number of hydrogen-bond donors (Lipinski definition) is 1. The van der Waals surface area contributed by atoms with Crippen LogP contribution in [0.5, 0.6) is 0 Å². The summed E-state index contributed by atoms with van der Waals surface area (Å²) < 4.78 is 5.38. The van der Waals surface area contributed by atoms with Gasteiger partial charge in [-0.05, 0) is 49.7 Å². The molecule has 3 nitrogen and oxygen atoms in total. The number of rotatable bonds is 2. The van der Waals surface area contributed by atoms with Crippen LogP contribution in [0.2, 0.25) is 0 Å². The van der Waals surface area contributed by atoms with E-state index in [-0.39, 0.29) is 0 Å². The third-order valence-electron chi connectivity index (χ3n) is 3.89. The van der Waals surface area contributed by atoms with E-state index in [1.807, 2.05) is 12.1 Å². The van der Waals surface area contributed by atoms with Crippen molar-refractivity contribution in [3.8, 4) is 0 Å². The summed E-state index contributed by atoms with van der Waals surface area (Å²) in [5.74, 6) is 1.92. The topological polar surface area (TPSA) is 42.6 Å². The molecule has 14 heavy (non-hydrogen) atoms. The molecule has 3 atom stereocenters. The summed E-state index contributed by atoms with van der Waals surface area (Å²) >= 11 is 0. The fraction of sp³-hybridized carbons (Fsp3) is 0.636. The monoisotopic (exact) mass is 194 g/mol. The van der Waals surface area contributed by atoms with Crippen molar-refractivity contribution in [1.82, 2.24) is 0 Å². The van der Waals surface area contributed by atoms with Gasteiger partial charge in [0.25, 0.3) is 0 Å². The van der Waals surface area contributed by atoms with E-state index >= 15 is 0 Å². The minimum atomic E-state index is -0.535. The lowest BCUT2D eigenvalue weighted by Crippen LogP contribution is -2.34. The Morgan fingerprint density at radius 1 is 1.50 bits per heavy atom. The molecule has 0 aromatic carbocycles. The maximum Gasteiger partial charge on any atom is 0.163 e. The maximum absolute atomic E-state index is 9.15. The summed E-state index contributed by atoms with van der Waals surface area (Å²) in [5.41, 5.74) is -0.535. The molecule has 3 heteroatoms. The van der Waals surface area contributed by atoms with Gasteiger partial charge in [0.1, 0.15) is 5.76 Å². The molecule has 1 aromatic heterocycles. The summed E-state index contributed by atoms with van der Waals surface area (Å²) in [4.78, 5) is 4.78. The number of hydrogen-bond acceptors (Lipinski definition) is 3. The van der Waals surface area contributed by atoms with Crippen LogP contribution in [0.25, 0.3) is 0 Å². The SMILES string of the molecule is OOC1(c2ccco2)CC2CCC1C2. The minimum Gasteiger partial charge on any atom is -0.466 e. The molecule has 1 N–H and O–H groups in total. The van der Waals surface area contributed by atoms with Crippen molar-refractivity contribution >= 4 is 0 Å². The summed E-state index contributed by atoms with van der Waals surface area (Å²) in [6.45, 7) is 0. The van der Waals surface area contributed by atoms with E-state index in [0.717, 1.165) is 18.6 Å². The van der Waals surface area contributed by atoms with E-state index in [0.29, 0.717) is 11.8 Å². The second-order valence-corrected chi connectivity index (χ2v) is 4.54. The summed E-state index contributed by atoms with van der Waals surface area (Å²) in [6, 6.07) is 3.75. The van der Waals surface area contributed by atoms with Crippen molar-refractivity contribution in [1.29, 1.82) is 0 Å². The molecule has 0 spiro atoms. The molecule has 0 aliphatic heterocycles. The zero-order valence-corrected chi connectivity index (χ0v) is 7.98. The molecule has 76 valence electrons. The van der Waals surface area contributed by atoms with Crippen LogP contribution < -0.4 is 0 Å². The van der Waals surface area contributed by atoms with Crippen molar-refractivity contribution in [2.75, 3.05) is 0 Å². The Hall–Kier alpha value is -0.800. The molecule has 1 aromatic rings. The smallest absolute Gasteiger partial charge is 0.163 e. The van der Waals surface area contributed by atoms with Gasteiger partial charge in [-0.1, -0.05) is 0 Å². The third-order valence-corrected chi connectivity index (χ3v) is 3.89. The average molecular weight is 194 g/mol. The summed E-state index contributed by atoms with van der Waals surface area (Å²) in [7, 11) is 0. The molecule has 0 amide bonds. The molecule has 2 saturated carbocycles. The largest absolute Gasteiger partial charge is 0.466 e. The van der Waals surface area contributed by atoms with Gasteiger partial charge in [0, 0.05) is 0 Å². The highest BCUT2D eigenvalue weighted by molar-refractivity contribution is 5.17. The predicted molar refractivity (Wildman–Crippen MR) is 49.5 cm³/mol. The number of furan rings is 1. The van der Waals surface area contributed by atoms with Gasteiger partial charge < -0.3 is 4.42 Å². The first-order valence-electron chi connectivity index (χ1n) is 5.22. The van der Waals surface area contributed by atoms with Crippen LogP contribution in [0.4, 0.5) is 0 Å². The van der Waals surface area contributed by atoms with E-state index in [2.05, 4.69) is 0 Å². The Labute approximate surface area is 82.6 Å². The Kier molecular flexibility index (Phi) is 1.73. The normalized spacial score (nSPS) is 40.6.